The van der Waals surface area contributed by atoms with Crippen molar-refractivity contribution in [2.24, 2.45) is 5.92 Å². The summed E-state index contributed by atoms with van der Waals surface area (Å²) in [5.41, 5.74) is 0. The first-order chi connectivity index (χ1) is 6.54. The Hall–Kier alpha value is 0.950. The molecule has 0 aromatic carbocycles. The van der Waals surface area contributed by atoms with Gasteiger partial charge in [-0.2, -0.15) is 0 Å². The molecule has 1 aromatic rings. The first-order valence-corrected chi connectivity index (χ1v) is 7.53. The standard InChI is InChI=1S/C10H13Br2ClS/c1-3-6(2)4-7(11)9-5-8(12)10(13)14-9/h5-7H,3-4H2,1-2H3. The van der Waals surface area contributed by atoms with Crippen LogP contribution in [0.25, 0.3) is 0 Å². The van der Waals surface area contributed by atoms with Crippen molar-refractivity contribution < 1.29 is 0 Å². The molecule has 0 aliphatic carbocycles. The Morgan fingerprint density at radius 1 is 1.57 bits per heavy atom. The molecule has 0 aliphatic heterocycles. The maximum Gasteiger partial charge on any atom is 0.107 e. The third kappa shape index (κ3) is 3.51. The summed E-state index contributed by atoms with van der Waals surface area (Å²) >= 11 is 14.8. The van der Waals surface area contributed by atoms with Gasteiger partial charge < -0.3 is 0 Å². The molecule has 0 aliphatic rings. The van der Waals surface area contributed by atoms with Crippen LogP contribution in [0.1, 0.15) is 36.4 Å². The Bertz CT molecular complexity index is 279. The van der Waals surface area contributed by atoms with E-state index < -0.39 is 0 Å². The molecule has 0 N–H and O–H groups in total. The third-order valence-electron chi connectivity index (χ3n) is 2.28. The van der Waals surface area contributed by atoms with Crippen molar-refractivity contribution in [1.82, 2.24) is 0 Å². The van der Waals surface area contributed by atoms with Gasteiger partial charge in [0, 0.05) is 14.2 Å². The lowest BCUT2D eigenvalue weighted by molar-refractivity contribution is 0.516. The largest absolute Gasteiger partial charge is 0.126 e. The maximum atomic E-state index is 5.99. The van der Waals surface area contributed by atoms with Crippen molar-refractivity contribution >= 4 is 54.8 Å². The molecule has 1 rings (SSSR count). The number of thiophene rings is 1. The summed E-state index contributed by atoms with van der Waals surface area (Å²) in [6.07, 6.45) is 2.39. The zero-order valence-corrected chi connectivity index (χ0v) is 12.9. The topological polar surface area (TPSA) is 0 Å². The molecule has 0 nitrogen and oxygen atoms in total. The molecule has 4 heteroatoms. The molecule has 14 heavy (non-hydrogen) atoms. The lowest BCUT2D eigenvalue weighted by atomic mass is 10.0. The number of hydrogen-bond donors (Lipinski definition) is 0. The van der Waals surface area contributed by atoms with Crippen LogP contribution < -0.4 is 0 Å². The van der Waals surface area contributed by atoms with E-state index in [1.54, 1.807) is 11.3 Å². The molecule has 2 atom stereocenters. The Kier molecular flexibility index (Phi) is 5.47. The summed E-state index contributed by atoms with van der Waals surface area (Å²) in [5, 5.41) is 0. The molecule has 0 bridgehead atoms. The second-order valence-corrected chi connectivity index (χ2v) is 7.13. The molecule has 0 fully saturated rings. The quantitative estimate of drug-likeness (QED) is 0.575. The van der Waals surface area contributed by atoms with E-state index in [-0.39, 0.29) is 0 Å². The highest BCUT2D eigenvalue weighted by atomic mass is 79.9. The van der Waals surface area contributed by atoms with Crippen LogP contribution in [0.5, 0.6) is 0 Å². The fraction of sp³-hybridized carbons (Fsp3) is 0.600. The van der Waals surface area contributed by atoms with Crippen LogP contribution in [-0.4, -0.2) is 0 Å². The van der Waals surface area contributed by atoms with Gasteiger partial charge in [0.05, 0.1) is 0 Å². The van der Waals surface area contributed by atoms with Crippen molar-refractivity contribution in [3.8, 4) is 0 Å². The Balaban J connectivity index is 2.64. The lowest BCUT2D eigenvalue weighted by Gasteiger charge is -2.12. The molecular weight excluding hydrogens is 347 g/mol. The van der Waals surface area contributed by atoms with Crippen LogP contribution in [0.4, 0.5) is 0 Å². The molecule has 0 spiro atoms. The van der Waals surface area contributed by atoms with Gasteiger partial charge in [-0.15, -0.1) is 11.3 Å². The van der Waals surface area contributed by atoms with Crippen LogP contribution in [0.2, 0.25) is 4.34 Å². The predicted octanol–water partition coefficient (Wildman–Crippen LogP) is 6.04. The van der Waals surface area contributed by atoms with E-state index >= 15 is 0 Å². The van der Waals surface area contributed by atoms with E-state index in [0.717, 1.165) is 14.7 Å². The first-order valence-electron chi connectivity index (χ1n) is 4.63. The Morgan fingerprint density at radius 2 is 2.21 bits per heavy atom. The van der Waals surface area contributed by atoms with Crippen LogP contribution in [0.15, 0.2) is 10.5 Å². The van der Waals surface area contributed by atoms with Gasteiger partial charge in [-0.05, 0) is 34.3 Å². The summed E-state index contributed by atoms with van der Waals surface area (Å²) in [6.45, 7) is 4.50. The summed E-state index contributed by atoms with van der Waals surface area (Å²) in [6, 6.07) is 2.11. The molecule has 0 radical (unpaired) electrons. The van der Waals surface area contributed by atoms with Crippen LogP contribution in [0.3, 0.4) is 0 Å². The molecule has 1 heterocycles. The Morgan fingerprint density at radius 3 is 2.64 bits per heavy atom. The summed E-state index contributed by atoms with van der Waals surface area (Å²) in [4.78, 5) is 1.74. The van der Waals surface area contributed by atoms with Gasteiger partial charge in [0.1, 0.15) is 4.34 Å². The number of rotatable bonds is 4. The average molecular weight is 361 g/mol. The van der Waals surface area contributed by atoms with Crippen molar-refractivity contribution in [2.75, 3.05) is 0 Å². The summed E-state index contributed by atoms with van der Waals surface area (Å²) in [5.74, 6) is 0.749. The van der Waals surface area contributed by atoms with Gasteiger partial charge in [0.15, 0.2) is 0 Å². The molecular formula is C10H13Br2ClS. The second-order valence-electron chi connectivity index (χ2n) is 3.49. The number of halogens is 3. The van der Waals surface area contributed by atoms with Crippen LogP contribution >= 0.6 is 54.8 Å². The smallest absolute Gasteiger partial charge is 0.107 e. The van der Waals surface area contributed by atoms with Crippen molar-refractivity contribution in [3.63, 3.8) is 0 Å². The van der Waals surface area contributed by atoms with E-state index in [2.05, 4.69) is 51.8 Å². The van der Waals surface area contributed by atoms with Gasteiger partial charge in [0.25, 0.3) is 0 Å². The van der Waals surface area contributed by atoms with Gasteiger partial charge in [-0.3, -0.25) is 0 Å². The number of hydrogen-bond acceptors (Lipinski definition) is 1. The minimum absolute atomic E-state index is 0.436. The second kappa shape index (κ2) is 5.88. The van der Waals surface area contributed by atoms with E-state index in [9.17, 15) is 0 Å². The minimum Gasteiger partial charge on any atom is -0.126 e. The Labute approximate surface area is 111 Å². The fourth-order valence-corrected chi connectivity index (χ4v) is 3.93. The molecule has 0 amide bonds. The van der Waals surface area contributed by atoms with Crippen molar-refractivity contribution in [3.05, 3.63) is 19.8 Å². The van der Waals surface area contributed by atoms with Gasteiger partial charge in [0.2, 0.25) is 0 Å². The first kappa shape index (κ1) is 13.0. The minimum atomic E-state index is 0.436. The highest BCUT2D eigenvalue weighted by Crippen LogP contribution is 2.40. The van der Waals surface area contributed by atoms with E-state index in [1.165, 1.54) is 17.7 Å². The monoisotopic (exact) mass is 358 g/mol. The van der Waals surface area contributed by atoms with E-state index in [0.29, 0.717) is 4.83 Å². The molecule has 0 saturated heterocycles. The van der Waals surface area contributed by atoms with Crippen molar-refractivity contribution in [1.29, 1.82) is 0 Å². The fourth-order valence-electron chi connectivity index (χ4n) is 1.15. The molecule has 1 aromatic heterocycles. The highest BCUT2D eigenvalue weighted by Gasteiger charge is 2.15. The summed E-state index contributed by atoms with van der Waals surface area (Å²) < 4.78 is 1.85. The highest BCUT2D eigenvalue weighted by molar-refractivity contribution is 9.10. The summed E-state index contributed by atoms with van der Waals surface area (Å²) in [7, 11) is 0. The molecule has 0 saturated carbocycles. The normalized spacial score (nSPS) is 15.5. The van der Waals surface area contributed by atoms with Gasteiger partial charge in [-0.1, -0.05) is 47.8 Å². The van der Waals surface area contributed by atoms with Crippen LogP contribution in [-0.2, 0) is 0 Å². The maximum absolute atomic E-state index is 5.99. The number of alkyl halides is 1. The van der Waals surface area contributed by atoms with E-state index in [1.807, 2.05) is 0 Å². The zero-order chi connectivity index (χ0) is 10.7. The molecule has 2 unspecified atom stereocenters. The van der Waals surface area contributed by atoms with E-state index in [4.69, 9.17) is 11.6 Å². The van der Waals surface area contributed by atoms with Gasteiger partial charge in [-0.25, -0.2) is 0 Å². The average Bonchev–Trinajstić information content (AvgIpc) is 2.47. The van der Waals surface area contributed by atoms with Crippen LogP contribution in [0, 0.1) is 5.92 Å². The molecule has 80 valence electrons. The zero-order valence-electron chi connectivity index (χ0n) is 8.19. The van der Waals surface area contributed by atoms with Gasteiger partial charge >= 0.3 is 0 Å². The van der Waals surface area contributed by atoms with Crippen molar-refractivity contribution in [2.45, 2.75) is 31.5 Å². The lowest BCUT2D eigenvalue weighted by Crippen LogP contribution is -1.96. The SMILES string of the molecule is CCC(C)CC(Br)c1cc(Br)c(Cl)s1. The third-order valence-corrected chi connectivity index (χ3v) is 6.04. The predicted molar refractivity (Wildman–Crippen MR) is 72.8 cm³/mol.